The lowest BCUT2D eigenvalue weighted by atomic mass is 9.95. The van der Waals surface area contributed by atoms with Crippen LogP contribution < -0.4 is 54.0 Å². The fourth-order valence-corrected chi connectivity index (χ4v) is 7.99. The molecule has 0 aliphatic carbocycles. The summed E-state index contributed by atoms with van der Waals surface area (Å²) in [5, 5.41) is 68.4. The standard InChI is InChI=1S/C54H80N10O17/c1-9-28(7)44(52(78)61-38(25-42(70)71)48(74)59-37(24-41(68)69)49(75)62-39(54(80)81)21-26(3)4)63-50(76)36(23-31-13-17-33(66)18-14-31)58-46(72)34(19-20-40(55)67)57-47(73)35(22-30-11-15-32(65)16-12-30)60-53(79)45(29(8)10-2)64-51(77)43(56)27(5)6/h11-18,26-29,34-39,43-45,65-66H,9-10,19-25,56H2,1-8H3,(H2,55,67)(H,57,73)(H,58,72)(H,59,74)(H,60,79)(H,61,78)(H,62,75)(H,63,76)(H,64,77)(H,68,69)(H,70,71)(H,80,81)/t28-,29-,34-,35-,36-,37-,38-,39-,43-,44-,45-/m0/s1. The van der Waals surface area contributed by atoms with Crippen molar-refractivity contribution in [1.82, 2.24) is 42.5 Å². The molecule has 0 aliphatic rings. The lowest BCUT2D eigenvalue weighted by Gasteiger charge is -2.30. The molecule has 0 fully saturated rings. The summed E-state index contributed by atoms with van der Waals surface area (Å²) < 4.78 is 0. The maximum absolute atomic E-state index is 14.5. The number of carbonyl (C=O) groups is 12. The Morgan fingerprint density at radius 3 is 1.16 bits per heavy atom. The molecule has 27 nitrogen and oxygen atoms in total. The van der Waals surface area contributed by atoms with E-state index in [0.29, 0.717) is 17.5 Å². The summed E-state index contributed by atoms with van der Waals surface area (Å²) in [5.41, 5.74) is 12.3. The molecule has 0 aliphatic heterocycles. The molecular formula is C54H80N10O17. The van der Waals surface area contributed by atoms with Crippen molar-refractivity contribution in [3.8, 4) is 11.5 Å². The first-order valence-electron chi connectivity index (χ1n) is 26.6. The molecule has 2 aromatic rings. The number of carbonyl (C=O) groups excluding carboxylic acids is 9. The smallest absolute Gasteiger partial charge is 0.326 e. The summed E-state index contributed by atoms with van der Waals surface area (Å²) in [6.07, 6.45) is -3.29. The highest BCUT2D eigenvalue weighted by Gasteiger charge is 2.38. The van der Waals surface area contributed by atoms with Crippen molar-refractivity contribution >= 4 is 71.1 Å². The van der Waals surface area contributed by atoms with E-state index in [2.05, 4.69) is 42.5 Å². The molecule has 0 radical (unpaired) electrons. The number of phenols is 2. The van der Waals surface area contributed by atoms with E-state index >= 15 is 0 Å². The van der Waals surface area contributed by atoms with Gasteiger partial charge < -0.3 is 79.5 Å². The number of hydrogen-bond acceptors (Lipinski definition) is 15. The Hall–Kier alpha value is -8.36. The number of carboxylic acid groups (broad SMARTS) is 3. The lowest BCUT2D eigenvalue weighted by Crippen LogP contribution is -2.62. The van der Waals surface area contributed by atoms with Crippen molar-refractivity contribution in [1.29, 1.82) is 0 Å². The van der Waals surface area contributed by atoms with Gasteiger partial charge in [0, 0.05) is 19.3 Å². The van der Waals surface area contributed by atoms with Crippen LogP contribution in [0.1, 0.15) is 111 Å². The second-order valence-corrected chi connectivity index (χ2v) is 20.8. The largest absolute Gasteiger partial charge is 0.508 e. The predicted octanol–water partition coefficient (Wildman–Crippen LogP) is -0.818. The van der Waals surface area contributed by atoms with Crippen molar-refractivity contribution in [2.24, 2.45) is 35.1 Å². The minimum atomic E-state index is -2.03. The molecule has 0 spiro atoms. The molecule has 0 bridgehead atoms. The number of nitrogens with one attached hydrogen (secondary N) is 8. The molecule has 0 saturated heterocycles. The number of carboxylic acids is 3. The Kier molecular flexibility index (Phi) is 28.2. The third-order valence-electron chi connectivity index (χ3n) is 13.3. The Balaban J connectivity index is 2.61. The molecule has 2 rings (SSSR count). The van der Waals surface area contributed by atoms with Crippen LogP contribution in [0.25, 0.3) is 0 Å². The molecule has 0 unspecified atom stereocenters. The zero-order chi connectivity index (χ0) is 61.4. The second-order valence-electron chi connectivity index (χ2n) is 20.8. The highest BCUT2D eigenvalue weighted by molar-refractivity contribution is 5.99. The zero-order valence-electron chi connectivity index (χ0n) is 46.8. The quantitative estimate of drug-likeness (QED) is 0.0401. The summed E-state index contributed by atoms with van der Waals surface area (Å²) in [6, 6.07) is -3.08. The van der Waals surface area contributed by atoms with Gasteiger partial charge in [0.2, 0.25) is 53.2 Å². The Morgan fingerprint density at radius 2 is 0.790 bits per heavy atom. The number of benzene rings is 2. The Bertz CT molecular complexity index is 2530. The SMILES string of the molecule is CC[C@H](C)[C@H](NC(=O)[C@H](Cc1ccc(O)cc1)NC(=O)[C@H](CCC(N)=O)NC(=O)[C@H](Cc1ccc(O)cc1)NC(=O)[C@@H](NC(=O)[C@@H](N)C(C)C)[C@@H](C)CC)C(=O)N[C@@H](CC(=O)O)C(=O)N[C@@H](CC(=O)O)C(=O)N[C@@H](CC(C)C)C(=O)O. The van der Waals surface area contributed by atoms with Gasteiger partial charge in [-0.1, -0.05) is 92.5 Å². The van der Waals surface area contributed by atoms with Crippen LogP contribution in [0.5, 0.6) is 11.5 Å². The van der Waals surface area contributed by atoms with E-state index in [9.17, 15) is 83.1 Å². The molecule has 0 aromatic heterocycles. The number of primary amides is 1. The molecule has 448 valence electrons. The van der Waals surface area contributed by atoms with E-state index in [1.54, 1.807) is 48.5 Å². The third-order valence-corrected chi connectivity index (χ3v) is 13.3. The number of amides is 9. The first-order valence-corrected chi connectivity index (χ1v) is 26.6. The first kappa shape index (κ1) is 68.7. The van der Waals surface area contributed by atoms with Crippen LogP contribution in [0.15, 0.2) is 48.5 Å². The van der Waals surface area contributed by atoms with Crippen LogP contribution in [0, 0.1) is 23.7 Å². The first-order chi connectivity index (χ1) is 37.9. The average molecular weight is 1140 g/mol. The van der Waals surface area contributed by atoms with Crippen LogP contribution in [0.4, 0.5) is 0 Å². The molecule has 17 N–H and O–H groups in total. The number of aliphatic carboxylic acids is 3. The van der Waals surface area contributed by atoms with Gasteiger partial charge in [0.15, 0.2) is 0 Å². The van der Waals surface area contributed by atoms with Crippen molar-refractivity contribution < 1.29 is 83.1 Å². The second kappa shape index (κ2) is 33.3. The number of nitrogens with two attached hydrogens (primary N) is 2. The summed E-state index contributed by atoms with van der Waals surface area (Å²) in [4.78, 5) is 160. The summed E-state index contributed by atoms with van der Waals surface area (Å²) in [5.74, 6) is -16.0. The highest BCUT2D eigenvalue weighted by atomic mass is 16.4. The maximum Gasteiger partial charge on any atom is 0.326 e. The summed E-state index contributed by atoms with van der Waals surface area (Å²) in [6.45, 7) is 13.4. The molecular weight excluding hydrogens is 1060 g/mol. The van der Waals surface area contributed by atoms with Crippen LogP contribution >= 0.6 is 0 Å². The molecule has 11 atom stereocenters. The van der Waals surface area contributed by atoms with Crippen LogP contribution in [-0.4, -0.2) is 151 Å². The normalized spacial score (nSPS) is 15.2. The van der Waals surface area contributed by atoms with Gasteiger partial charge in [-0.15, -0.1) is 0 Å². The van der Waals surface area contributed by atoms with E-state index < -0.39 is 163 Å². The van der Waals surface area contributed by atoms with Crippen LogP contribution in [0.3, 0.4) is 0 Å². The van der Waals surface area contributed by atoms with Gasteiger partial charge in [-0.05, 0) is 71.9 Å². The van der Waals surface area contributed by atoms with E-state index in [1.807, 2.05) is 0 Å². The number of rotatable bonds is 35. The highest BCUT2D eigenvalue weighted by Crippen LogP contribution is 2.17. The van der Waals surface area contributed by atoms with Gasteiger partial charge in [-0.2, -0.15) is 0 Å². The third kappa shape index (κ3) is 23.9. The zero-order valence-corrected chi connectivity index (χ0v) is 46.8. The van der Waals surface area contributed by atoms with Crippen molar-refractivity contribution in [2.75, 3.05) is 0 Å². The molecule has 0 saturated carbocycles. The van der Waals surface area contributed by atoms with Crippen molar-refractivity contribution in [2.45, 2.75) is 168 Å². The van der Waals surface area contributed by atoms with Gasteiger partial charge in [0.05, 0.1) is 18.9 Å². The summed E-state index contributed by atoms with van der Waals surface area (Å²) in [7, 11) is 0. The van der Waals surface area contributed by atoms with Crippen molar-refractivity contribution in [3.05, 3.63) is 59.7 Å². The van der Waals surface area contributed by atoms with Crippen LogP contribution in [0.2, 0.25) is 0 Å². The topological polar surface area (TPSA) is 454 Å². The van der Waals surface area contributed by atoms with Crippen LogP contribution in [-0.2, 0) is 70.4 Å². The number of hydrogen-bond donors (Lipinski definition) is 15. The minimum absolute atomic E-state index is 0.0793. The van der Waals surface area contributed by atoms with Gasteiger partial charge in [0.25, 0.3) is 0 Å². The predicted molar refractivity (Wildman–Crippen MR) is 291 cm³/mol. The van der Waals surface area contributed by atoms with Gasteiger partial charge in [-0.3, -0.25) is 52.7 Å². The Morgan fingerprint density at radius 1 is 0.457 bits per heavy atom. The molecule has 0 heterocycles. The monoisotopic (exact) mass is 1140 g/mol. The molecule has 27 heteroatoms. The lowest BCUT2D eigenvalue weighted by molar-refractivity contribution is -0.145. The van der Waals surface area contributed by atoms with E-state index in [1.165, 1.54) is 55.5 Å². The fourth-order valence-electron chi connectivity index (χ4n) is 7.99. The van der Waals surface area contributed by atoms with Crippen molar-refractivity contribution in [3.63, 3.8) is 0 Å². The van der Waals surface area contributed by atoms with Gasteiger partial charge >= 0.3 is 17.9 Å². The van der Waals surface area contributed by atoms with Gasteiger partial charge in [0.1, 0.15) is 59.8 Å². The molecule has 2 aromatic carbocycles. The summed E-state index contributed by atoms with van der Waals surface area (Å²) >= 11 is 0. The van der Waals surface area contributed by atoms with E-state index in [4.69, 9.17) is 11.5 Å². The molecule has 81 heavy (non-hydrogen) atoms. The average Bonchev–Trinajstić information content (AvgIpc) is 3.42. The van der Waals surface area contributed by atoms with E-state index in [0.717, 1.165) is 0 Å². The maximum atomic E-state index is 14.5. The fraction of sp³-hybridized carbons (Fsp3) is 0.556. The van der Waals surface area contributed by atoms with E-state index in [-0.39, 0.29) is 49.0 Å². The minimum Gasteiger partial charge on any atom is -0.508 e. The molecule has 9 amide bonds. The number of aromatic hydroxyl groups is 2. The van der Waals surface area contributed by atoms with Gasteiger partial charge in [-0.25, -0.2) is 4.79 Å². The Labute approximate surface area is 469 Å². The number of phenolic OH excluding ortho intramolecular Hbond substituents is 2.